The molecular formula is C25H23ClFN7OSe. The maximum absolute atomic E-state index is 16.4. The predicted octanol–water partition coefficient (Wildman–Crippen LogP) is 3.03. The maximum atomic E-state index is 16.4. The fourth-order valence-electron chi connectivity index (χ4n) is 5.32. The van der Waals surface area contributed by atoms with Gasteiger partial charge in [0.2, 0.25) is 0 Å². The first-order valence-electron chi connectivity index (χ1n) is 11.7. The number of halogens is 2. The van der Waals surface area contributed by atoms with Gasteiger partial charge in [-0.05, 0) is 0 Å². The van der Waals surface area contributed by atoms with Crippen LogP contribution >= 0.6 is 11.6 Å². The molecule has 2 aromatic carbocycles. The molecular weight excluding hydrogens is 548 g/mol. The molecule has 36 heavy (non-hydrogen) atoms. The van der Waals surface area contributed by atoms with Gasteiger partial charge in [0.1, 0.15) is 0 Å². The number of fused-ring (bicyclic) bond motifs is 4. The van der Waals surface area contributed by atoms with Gasteiger partial charge in [-0.25, -0.2) is 0 Å². The summed E-state index contributed by atoms with van der Waals surface area (Å²) < 4.78 is 23.5. The van der Waals surface area contributed by atoms with Gasteiger partial charge in [0.25, 0.3) is 0 Å². The second kappa shape index (κ2) is 9.18. The van der Waals surface area contributed by atoms with Gasteiger partial charge in [0.15, 0.2) is 0 Å². The molecule has 0 radical (unpaired) electrons. The molecule has 2 saturated heterocycles. The SMILES string of the molecule is N#Cc1c(N)[se]c2cccc(-c3c(Cl)cc4c(N5C[C@H]6CC[C@@H](C5)N6)nc(OCCN)nc4c3F)c12. The summed E-state index contributed by atoms with van der Waals surface area (Å²) >= 11 is 6.58. The summed E-state index contributed by atoms with van der Waals surface area (Å²) in [6, 6.07) is 10.2. The van der Waals surface area contributed by atoms with Crippen molar-refractivity contribution in [2.24, 2.45) is 5.73 Å². The van der Waals surface area contributed by atoms with E-state index in [0.29, 0.717) is 44.4 Å². The zero-order valence-electron chi connectivity index (χ0n) is 19.2. The van der Waals surface area contributed by atoms with Crippen LogP contribution in [0.5, 0.6) is 6.01 Å². The van der Waals surface area contributed by atoms with E-state index >= 15 is 4.39 Å². The number of piperazine rings is 1. The number of hydrogen-bond donors (Lipinski definition) is 3. The fraction of sp³-hybridized carbons (Fsp3) is 0.320. The number of ether oxygens (including phenoxy) is 1. The molecule has 2 aliphatic heterocycles. The summed E-state index contributed by atoms with van der Waals surface area (Å²) in [6.45, 7) is 2.00. The molecule has 11 heteroatoms. The van der Waals surface area contributed by atoms with E-state index in [1.807, 2.05) is 12.1 Å². The first-order valence-corrected chi connectivity index (χ1v) is 13.8. The van der Waals surface area contributed by atoms with E-state index in [1.165, 1.54) is 0 Å². The Bertz CT molecular complexity index is 1540. The van der Waals surface area contributed by atoms with Gasteiger partial charge >= 0.3 is 218 Å². The number of nitrogen functional groups attached to an aromatic ring is 1. The summed E-state index contributed by atoms with van der Waals surface area (Å²) in [5.41, 5.74) is 13.0. The fourth-order valence-corrected chi connectivity index (χ4v) is 7.60. The topological polar surface area (TPSA) is 126 Å². The number of nitrogens with zero attached hydrogens (tertiary/aromatic N) is 4. The van der Waals surface area contributed by atoms with Crippen molar-refractivity contribution in [3.63, 3.8) is 0 Å². The van der Waals surface area contributed by atoms with Gasteiger partial charge in [-0.1, -0.05) is 0 Å². The van der Waals surface area contributed by atoms with Crippen molar-refractivity contribution in [2.75, 3.05) is 36.9 Å². The Morgan fingerprint density at radius 2 is 2.06 bits per heavy atom. The predicted molar refractivity (Wildman–Crippen MR) is 140 cm³/mol. The molecule has 2 atom stereocenters. The Kier molecular flexibility index (Phi) is 5.98. The molecule has 2 bridgehead atoms. The van der Waals surface area contributed by atoms with Crippen molar-refractivity contribution in [3.8, 4) is 23.2 Å². The number of hydrogen-bond acceptors (Lipinski definition) is 8. The van der Waals surface area contributed by atoms with Crippen LogP contribution in [0.1, 0.15) is 18.4 Å². The van der Waals surface area contributed by atoms with Crippen LogP contribution in [-0.2, 0) is 0 Å². The number of nitriles is 1. The molecule has 2 aliphatic rings. The normalized spacial score (nSPS) is 19.2. The van der Waals surface area contributed by atoms with E-state index in [4.69, 9.17) is 27.8 Å². The monoisotopic (exact) mass is 571 g/mol. The Morgan fingerprint density at radius 3 is 2.78 bits per heavy atom. The molecule has 6 rings (SSSR count). The van der Waals surface area contributed by atoms with Crippen LogP contribution in [0.15, 0.2) is 24.3 Å². The van der Waals surface area contributed by atoms with Crippen LogP contribution in [0.25, 0.3) is 31.7 Å². The number of benzene rings is 2. The zero-order valence-corrected chi connectivity index (χ0v) is 21.7. The van der Waals surface area contributed by atoms with Crippen molar-refractivity contribution < 1.29 is 9.13 Å². The van der Waals surface area contributed by atoms with Gasteiger partial charge < -0.3 is 0 Å². The first-order chi connectivity index (χ1) is 17.5. The summed E-state index contributed by atoms with van der Waals surface area (Å²) in [5, 5.41) is 14.7. The number of rotatable bonds is 5. The van der Waals surface area contributed by atoms with Gasteiger partial charge in [0.05, 0.1) is 0 Å². The van der Waals surface area contributed by atoms with Gasteiger partial charge in [-0.2, -0.15) is 0 Å². The molecule has 4 aromatic rings. The summed E-state index contributed by atoms with van der Waals surface area (Å²) in [5.74, 6) is 0.0155. The van der Waals surface area contributed by atoms with Crippen molar-refractivity contribution in [1.29, 1.82) is 5.26 Å². The molecule has 0 aliphatic carbocycles. The molecule has 8 nitrogen and oxygen atoms in total. The number of nitrogens with two attached hydrogens (primary N) is 2. The second-order valence-corrected chi connectivity index (χ2v) is 11.8. The Hall–Kier alpha value is -2.93. The minimum atomic E-state index is -0.583. The molecule has 0 spiro atoms. The van der Waals surface area contributed by atoms with E-state index < -0.39 is 5.82 Å². The van der Waals surface area contributed by atoms with E-state index in [1.54, 1.807) is 12.1 Å². The van der Waals surface area contributed by atoms with Crippen LogP contribution in [0.3, 0.4) is 0 Å². The van der Waals surface area contributed by atoms with E-state index in [9.17, 15) is 5.26 Å². The minimum absolute atomic E-state index is 0.0736. The van der Waals surface area contributed by atoms with Gasteiger partial charge in [-0.3, -0.25) is 0 Å². The quantitative estimate of drug-likeness (QED) is 0.313. The van der Waals surface area contributed by atoms with Crippen LogP contribution in [0.2, 0.25) is 5.02 Å². The van der Waals surface area contributed by atoms with E-state index in [2.05, 4.69) is 26.3 Å². The van der Waals surface area contributed by atoms with Crippen molar-refractivity contribution in [1.82, 2.24) is 15.3 Å². The standard InChI is InChI=1S/C25H23ClFN7OSe/c26-17-8-15-22(21(27)20(17)14-2-1-3-18-19(14)16(9-29)23(30)36-18)32-25(35-7-6-28)33-24(15)34-10-12-4-5-13(11-34)31-12/h1-3,8,12-13,31H,4-7,10-11,28,30H2/t12-,13+. The van der Waals surface area contributed by atoms with E-state index in [0.717, 1.165) is 30.2 Å². The molecule has 5 N–H and O–H groups in total. The average molecular weight is 571 g/mol. The Labute approximate surface area is 217 Å². The zero-order chi connectivity index (χ0) is 25.0. The van der Waals surface area contributed by atoms with Gasteiger partial charge in [0, 0.05) is 0 Å². The summed E-state index contributed by atoms with van der Waals surface area (Å²) in [7, 11) is 0. The Morgan fingerprint density at radius 1 is 1.28 bits per heavy atom. The molecule has 4 heterocycles. The molecule has 2 fully saturated rings. The molecule has 184 valence electrons. The number of anilines is 2. The Balaban J connectivity index is 1.59. The number of aromatic nitrogens is 2. The first kappa shape index (κ1) is 23.5. The third kappa shape index (κ3) is 3.79. The van der Waals surface area contributed by atoms with Crippen molar-refractivity contribution >= 4 is 57.0 Å². The van der Waals surface area contributed by atoms with E-state index in [-0.39, 0.29) is 49.8 Å². The van der Waals surface area contributed by atoms with Crippen LogP contribution in [-0.4, -0.2) is 62.8 Å². The third-order valence-electron chi connectivity index (χ3n) is 6.83. The molecule has 0 unspecified atom stereocenters. The molecule has 2 aromatic heterocycles. The third-order valence-corrected chi connectivity index (χ3v) is 9.19. The summed E-state index contributed by atoms with van der Waals surface area (Å²) in [4.78, 5) is 11.2. The number of nitrogens with one attached hydrogen (secondary N) is 1. The molecule has 0 amide bonds. The average Bonchev–Trinajstić information content (AvgIpc) is 3.39. The second-order valence-electron chi connectivity index (χ2n) is 9.09. The van der Waals surface area contributed by atoms with Crippen LogP contribution in [0.4, 0.5) is 14.8 Å². The van der Waals surface area contributed by atoms with Gasteiger partial charge in [-0.15, -0.1) is 0 Å². The van der Waals surface area contributed by atoms with Crippen molar-refractivity contribution in [2.45, 2.75) is 24.9 Å². The van der Waals surface area contributed by atoms with Crippen molar-refractivity contribution in [3.05, 3.63) is 40.7 Å². The van der Waals surface area contributed by atoms with Crippen LogP contribution in [0, 0.1) is 17.1 Å². The molecule has 0 saturated carbocycles. The van der Waals surface area contributed by atoms with Crippen LogP contribution < -0.4 is 26.4 Å². The summed E-state index contributed by atoms with van der Waals surface area (Å²) in [6.07, 6.45) is 2.19.